The minimum absolute atomic E-state index is 0.0659. The van der Waals surface area contributed by atoms with Gasteiger partial charge in [-0.2, -0.15) is 4.98 Å². The predicted molar refractivity (Wildman–Crippen MR) is 95.6 cm³/mol. The number of carbonyl (C=O) groups is 1. The zero-order valence-electron chi connectivity index (χ0n) is 13.7. The van der Waals surface area contributed by atoms with E-state index in [9.17, 15) is 4.79 Å². The molecule has 2 aromatic heterocycles. The summed E-state index contributed by atoms with van der Waals surface area (Å²) >= 11 is 7.45. The average molecular weight is 378 g/mol. The highest BCUT2D eigenvalue weighted by molar-refractivity contribution is 7.15. The maximum absolute atomic E-state index is 11.0. The van der Waals surface area contributed by atoms with E-state index in [2.05, 4.69) is 15.5 Å². The molecule has 130 valence electrons. The number of nitrogens with one attached hydrogen (secondary N) is 1. The van der Waals surface area contributed by atoms with Gasteiger partial charge in [-0.25, -0.2) is 0 Å². The topological polar surface area (TPSA) is 77.2 Å². The second-order valence-electron chi connectivity index (χ2n) is 5.35. The van der Waals surface area contributed by atoms with Crippen LogP contribution in [0.25, 0.3) is 10.7 Å². The molecule has 0 bridgehead atoms. The van der Waals surface area contributed by atoms with Gasteiger partial charge >= 0.3 is 0 Å². The lowest BCUT2D eigenvalue weighted by molar-refractivity contribution is -0.119. The van der Waals surface area contributed by atoms with Gasteiger partial charge in [-0.3, -0.25) is 4.79 Å². The first-order valence-electron chi connectivity index (χ1n) is 7.60. The average Bonchev–Trinajstić information content (AvgIpc) is 3.22. The first kappa shape index (κ1) is 17.4. The summed E-state index contributed by atoms with van der Waals surface area (Å²) in [5.74, 6) is 1.44. The molecule has 1 aromatic carbocycles. The van der Waals surface area contributed by atoms with Crippen molar-refractivity contribution < 1.29 is 14.1 Å². The molecule has 25 heavy (non-hydrogen) atoms. The Morgan fingerprint density at radius 2 is 2.24 bits per heavy atom. The Balaban J connectivity index is 1.68. The number of carbonyl (C=O) groups excluding carboxylic acids is 1. The molecule has 0 saturated carbocycles. The molecule has 8 heteroatoms. The van der Waals surface area contributed by atoms with Crippen molar-refractivity contribution in [2.45, 2.75) is 26.5 Å². The molecule has 6 nitrogen and oxygen atoms in total. The van der Waals surface area contributed by atoms with E-state index in [-0.39, 0.29) is 5.91 Å². The molecule has 0 aliphatic heterocycles. The monoisotopic (exact) mass is 377 g/mol. The Kier molecular flexibility index (Phi) is 5.35. The van der Waals surface area contributed by atoms with Gasteiger partial charge in [-0.1, -0.05) is 22.8 Å². The lowest BCUT2D eigenvalue weighted by Crippen LogP contribution is -2.17. The van der Waals surface area contributed by atoms with Gasteiger partial charge in [0.25, 0.3) is 5.89 Å². The number of benzene rings is 1. The molecule has 1 amide bonds. The predicted octanol–water partition coefficient (Wildman–Crippen LogP) is 4.23. The second-order valence-corrected chi connectivity index (χ2v) is 6.95. The Morgan fingerprint density at radius 3 is 3.00 bits per heavy atom. The maximum atomic E-state index is 11.0. The summed E-state index contributed by atoms with van der Waals surface area (Å²) in [5.41, 5.74) is 0. The van der Waals surface area contributed by atoms with Crippen molar-refractivity contribution in [3.63, 3.8) is 0 Å². The summed E-state index contributed by atoms with van der Waals surface area (Å²) in [6, 6.07) is 11.0. The summed E-state index contributed by atoms with van der Waals surface area (Å²) in [6.07, 6.45) is -0.404. The normalized spacial score (nSPS) is 12.0. The highest BCUT2D eigenvalue weighted by atomic mass is 35.5. The van der Waals surface area contributed by atoms with Crippen LogP contribution in [-0.4, -0.2) is 16.0 Å². The number of halogens is 1. The van der Waals surface area contributed by atoms with Crippen LogP contribution in [-0.2, 0) is 11.3 Å². The third kappa shape index (κ3) is 4.58. The van der Waals surface area contributed by atoms with Gasteiger partial charge in [0.05, 0.1) is 11.4 Å². The van der Waals surface area contributed by atoms with Gasteiger partial charge in [-0.15, -0.1) is 11.3 Å². The first-order chi connectivity index (χ1) is 12.0. The molecule has 0 aliphatic carbocycles. The molecule has 0 aliphatic rings. The lowest BCUT2D eigenvalue weighted by Gasteiger charge is -2.10. The van der Waals surface area contributed by atoms with Gasteiger partial charge < -0.3 is 14.6 Å². The molecule has 0 fully saturated rings. The molecular weight excluding hydrogens is 362 g/mol. The zero-order valence-corrected chi connectivity index (χ0v) is 15.2. The van der Waals surface area contributed by atoms with Crippen molar-refractivity contribution in [2.24, 2.45) is 0 Å². The highest BCUT2D eigenvalue weighted by Gasteiger charge is 2.18. The van der Waals surface area contributed by atoms with Crippen LogP contribution in [0, 0.1) is 0 Å². The molecule has 1 N–H and O–H groups in total. The molecule has 0 saturated heterocycles. The Labute approximate surface area is 153 Å². The van der Waals surface area contributed by atoms with Crippen molar-refractivity contribution in [3.8, 4) is 16.5 Å². The molecule has 2 heterocycles. The van der Waals surface area contributed by atoms with Crippen LogP contribution in [0.4, 0.5) is 0 Å². The standard InChI is InChI=1S/C17H16ClN3O3S/c1-10(23-13-5-3-4-12(18)8-13)17-20-16(21-24-17)15-7-6-14(25-15)9-19-11(2)22/h3-8,10H,9H2,1-2H3,(H,19,22)/t10-/m1/s1. The van der Waals surface area contributed by atoms with Crippen molar-refractivity contribution in [1.29, 1.82) is 0 Å². The minimum atomic E-state index is -0.404. The van der Waals surface area contributed by atoms with Crippen LogP contribution in [0.1, 0.15) is 30.7 Å². The lowest BCUT2D eigenvalue weighted by atomic mass is 10.3. The fourth-order valence-corrected chi connectivity index (χ4v) is 3.15. The Morgan fingerprint density at radius 1 is 1.40 bits per heavy atom. The molecule has 0 radical (unpaired) electrons. The van der Waals surface area contributed by atoms with E-state index in [1.54, 1.807) is 12.1 Å². The summed E-state index contributed by atoms with van der Waals surface area (Å²) in [5, 5.41) is 7.36. The Hall–Kier alpha value is -2.38. The van der Waals surface area contributed by atoms with E-state index in [0.29, 0.717) is 29.0 Å². The number of nitrogens with zero attached hydrogens (tertiary/aromatic N) is 2. The van der Waals surface area contributed by atoms with Crippen LogP contribution < -0.4 is 10.1 Å². The number of amides is 1. The van der Waals surface area contributed by atoms with Crippen LogP contribution in [0.2, 0.25) is 5.02 Å². The van der Waals surface area contributed by atoms with Crippen LogP contribution in [0.5, 0.6) is 5.75 Å². The molecule has 0 spiro atoms. The molecule has 3 aromatic rings. The quantitative estimate of drug-likeness (QED) is 0.695. The maximum Gasteiger partial charge on any atom is 0.267 e. The fourth-order valence-electron chi connectivity index (χ4n) is 2.10. The Bertz CT molecular complexity index is 877. The van der Waals surface area contributed by atoms with E-state index in [1.807, 2.05) is 31.2 Å². The van der Waals surface area contributed by atoms with Crippen LogP contribution in [0.3, 0.4) is 0 Å². The van der Waals surface area contributed by atoms with E-state index in [0.717, 1.165) is 9.75 Å². The first-order valence-corrected chi connectivity index (χ1v) is 8.80. The minimum Gasteiger partial charge on any atom is -0.481 e. The third-order valence-corrected chi connectivity index (χ3v) is 4.61. The van der Waals surface area contributed by atoms with E-state index in [4.69, 9.17) is 20.9 Å². The third-order valence-electron chi connectivity index (χ3n) is 3.29. The molecule has 1 atom stereocenters. The van der Waals surface area contributed by atoms with Gasteiger partial charge in [0.15, 0.2) is 6.10 Å². The molecule has 0 unspecified atom stereocenters. The van der Waals surface area contributed by atoms with E-state index < -0.39 is 6.10 Å². The van der Waals surface area contributed by atoms with Gasteiger partial charge in [-0.05, 0) is 37.3 Å². The highest BCUT2D eigenvalue weighted by Crippen LogP contribution is 2.28. The fraction of sp³-hybridized carbons (Fsp3) is 0.235. The summed E-state index contributed by atoms with van der Waals surface area (Å²) in [6.45, 7) is 3.80. The van der Waals surface area contributed by atoms with E-state index in [1.165, 1.54) is 18.3 Å². The number of rotatable bonds is 6. The summed E-state index contributed by atoms with van der Waals surface area (Å²) < 4.78 is 11.1. The second kappa shape index (κ2) is 7.67. The van der Waals surface area contributed by atoms with Gasteiger partial charge in [0, 0.05) is 16.8 Å². The molecular formula is C17H16ClN3O3S. The zero-order chi connectivity index (χ0) is 17.8. The van der Waals surface area contributed by atoms with Crippen LogP contribution in [0.15, 0.2) is 40.9 Å². The molecule has 3 rings (SSSR count). The van der Waals surface area contributed by atoms with Crippen molar-refractivity contribution in [2.75, 3.05) is 0 Å². The van der Waals surface area contributed by atoms with E-state index >= 15 is 0 Å². The van der Waals surface area contributed by atoms with Crippen molar-refractivity contribution in [3.05, 3.63) is 52.2 Å². The van der Waals surface area contributed by atoms with Gasteiger partial charge in [0.1, 0.15) is 5.75 Å². The smallest absolute Gasteiger partial charge is 0.267 e. The largest absolute Gasteiger partial charge is 0.481 e. The SMILES string of the molecule is CC(=O)NCc1ccc(-c2noc([C@@H](C)Oc3cccc(Cl)c3)n2)s1. The van der Waals surface area contributed by atoms with Crippen molar-refractivity contribution >= 4 is 28.8 Å². The number of hydrogen-bond donors (Lipinski definition) is 1. The van der Waals surface area contributed by atoms with Crippen LogP contribution >= 0.6 is 22.9 Å². The number of ether oxygens (including phenoxy) is 1. The number of thiophene rings is 1. The summed E-state index contributed by atoms with van der Waals surface area (Å²) in [4.78, 5) is 17.2. The summed E-state index contributed by atoms with van der Waals surface area (Å²) in [7, 11) is 0. The van der Waals surface area contributed by atoms with Crippen molar-refractivity contribution in [1.82, 2.24) is 15.5 Å². The number of aromatic nitrogens is 2. The van der Waals surface area contributed by atoms with Gasteiger partial charge in [0.2, 0.25) is 11.7 Å². The number of hydrogen-bond acceptors (Lipinski definition) is 6.